The fourth-order valence-electron chi connectivity index (χ4n) is 1.93. The summed E-state index contributed by atoms with van der Waals surface area (Å²) < 4.78 is 25.0. The Bertz CT molecular complexity index is 553. The normalized spacial score (nSPS) is 16.7. The highest BCUT2D eigenvalue weighted by atomic mass is 32.2. The number of hydrogen-bond donors (Lipinski definition) is 1. The summed E-state index contributed by atoms with van der Waals surface area (Å²) >= 11 is 0. The van der Waals surface area contributed by atoms with Gasteiger partial charge in [0.25, 0.3) is 0 Å². The Hall–Kier alpha value is -1.56. The van der Waals surface area contributed by atoms with Crippen LogP contribution in [0.3, 0.4) is 0 Å². The molecule has 0 aromatic heterocycles. The number of hydrogen-bond acceptors (Lipinski definition) is 3. The molecule has 104 valence electrons. The number of amides is 1. The molecular weight excluding hydrogens is 264 g/mol. The number of carbonyl (C=O) groups is 1. The molecule has 5 nitrogen and oxygen atoms in total. The molecule has 1 amide bonds. The third-order valence-electron chi connectivity index (χ3n) is 3.02. The van der Waals surface area contributed by atoms with Crippen LogP contribution >= 0.6 is 0 Å². The standard InChI is InChI=1S/C13H18N2O3S/c1-10(13(16)14-11-8-9-11)15(19(2,17)18)12-6-4-3-5-7-12/h3-7,10-11H,8-9H2,1-2H3,(H,14,16)/t10-/m1/s1. The molecule has 6 heteroatoms. The highest BCUT2D eigenvalue weighted by molar-refractivity contribution is 7.92. The molecule has 1 aliphatic rings. The molecule has 0 radical (unpaired) electrons. The molecule has 0 bridgehead atoms. The average molecular weight is 282 g/mol. The summed E-state index contributed by atoms with van der Waals surface area (Å²) in [6.45, 7) is 1.60. The lowest BCUT2D eigenvalue weighted by Gasteiger charge is -2.28. The van der Waals surface area contributed by atoms with Gasteiger partial charge in [0, 0.05) is 6.04 Å². The Morgan fingerprint density at radius 1 is 1.32 bits per heavy atom. The van der Waals surface area contributed by atoms with Gasteiger partial charge >= 0.3 is 0 Å². The molecule has 1 atom stereocenters. The number of sulfonamides is 1. The molecule has 0 saturated heterocycles. The molecule has 1 aliphatic carbocycles. The van der Waals surface area contributed by atoms with E-state index in [-0.39, 0.29) is 11.9 Å². The number of anilines is 1. The molecule has 1 fully saturated rings. The third kappa shape index (κ3) is 3.47. The van der Waals surface area contributed by atoms with E-state index in [4.69, 9.17) is 0 Å². The smallest absolute Gasteiger partial charge is 0.243 e. The van der Waals surface area contributed by atoms with Gasteiger partial charge in [0.2, 0.25) is 15.9 Å². The van der Waals surface area contributed by atoms with Crippen molar-refractivity contribution in [1.82, 2.24) is 5.32 Å². The molecule has 1 aromatic carbocycles. The van der Waals surface area contributed by atoms with Crippen LogP contribution in [-0.2, 0) is 14.8 Å². The van der Waals surface area contributed by atoms with Gasteiger partial charge in [-0.15, -0.1) is 0 Å². The van der Waals surface area contributed by atoms with E-state index in [1.54, 1.807) is 37.3 Å². The zero-order valence-electron chi connectivity index (χ0n) is 11.0. The summed E-state index contributed by atoms with van der Waals surface area (Å²) in [5.74, 6) is -0.253. The van der Waals surface area contributed by atoms with Crippen molar-refractivity contribution < 1.29 is 13.2 Å². The first kappa shape index (κ1) is 13.9. The third-order valence-corrected chi connectivity index (χ3v) is 4.26. The first-order valence-corrected chi connectivity index (χ1v) is 8.09. The van der Waals surface area contributed by atoms with Crippen molar-refractivity contribution in [2.45, 2.75) is 31.8 Å². The van der Waals surface area contributed by atoms with Crippen LogP contribution in [0.15, 0.2) is 30.3 Å². The molecule has 0 spiro atoms. The van der Waals surface area contributed by atoms with Gasteiger partial charge in [-0.1, -0.05) is 18.2 Å². The van der Waals surface area contributed by atoms with Crippen molar-refractivity contribution in [2.75, 3.05) is 10.6 Å². The second-order valence-electron chi connectivity index (χ2n) is 4.85. The van der Waals surface area contributed by atoms with Gasteiger partial charge in [-0.3, -0.25) is 9.10 Å². The van der Waals surface area contributed by atoms with Crippen LogP contribution in [0.2, 0.25) is 0 Å². The lowest BCUT2D eigenvalue weighted by molar-refractivity contribution is -0.121. The molecule has 1 N–H and O–H groups in total. The van der Waals surface area contributed by atoms with Crippen LogP contribution in [0.1, 0.15) is 19.8 Å². The van der Waals surface area contributed by atoms with E-state index < -0.39 is 16.1 Å². The number of rotatable bonds is 5. The van der Waals surface area contributed by atoms with Crippen LogP contribution in [0, 0.1) is 0 Å². The highest BCUT2D eigenvalue weighted by Crippen LogP contribution is 2.22. The van der Waals surface area contributed by atoms with Crippen molar-refractivity contribution in [3.8, 4) is 0 Å². The number of benzene rings is 1. The minimum absolute atomic E-state index is 0.215. The van der Waals surface area contributed by atoms with Crippen molar-refractivity contribution >= 4 is 21.6 Å². The summed E-state index contributed by atoms with van der Waals surface area (Å²) in [5, 5.41) is 2.83. The Labute approximate surface area is 113 Å². The largest absolute Gasteiger partial charge is 0.352 e. The second-order valence-corrected chi connectivity index (χ2v) is 6.71. The summed E-state index contributed by atoms with van der Waals surface area (Å²) in [4.78, 5) is 12.0. The fourth-order valence-corrected chi connectivity index (χ4v) is 3.11. The average Bonchev–Trinajstić information content (AvgIpc) is 3.12. The second kappa shape index (κ2) is 5.21. The minimum atomic E-state index is -3.51. The lowest BCUT2D eigenvalue weighted by atomic mass is 10.2. The Balaban J connectivity index is 2.25. The molecule has 1 saturated carbocycles. The van der Waals surface area contributed by atoms with Gasteiger partial charge in [0.1, 0.15) is 6.04 Å². The summed E-state index contributed by atoms with van der Waals surface area (Å²) in [7, 11) is -3.51. The van der Waals surface area contributed by atoms with Crippen LogP contribution in [0.4, 0.5) is 5.69 Å². The molecule has 0 unspecified atom stereocenters. The Morgan fingerprint density at radius 3 is 2.37 bits per heavy atom. The Morgan fingerprint density at radius 2 is 1.89 bits per heavy atom. The molecule has 1 aromatic rings. The molecule has 2 rings (SSSR count). The molecule has 19 heavy (non-hydrogen) atoms. The summed E-state index contributed by atoms with van der Waals surface area (Å²) in [5.41, 5.74) is 0.503. The Kier molecular flexibility index (Phi) is 3.80. The van der Waals surface area contributed by atoms with Gasteiger partial charge < -0.3 is 5.32 Å². The van der Waals surface area contributed by atoms with Gasteiger partial charge in [-0.25, -0.2) is 8.42 Å². The predicted molar refractivity (Wildman–Crippen MR) is 74.4 cm³/mol. The molecule has 0 heterocycles. The monoisotopic (exact) mass is 282 g/mol. The molecular formula is C13H18N2O3S. The van der Waals surface area contributed by atoms with Crippen molar-refractivity contribution in [1.29, 1.82) is 0 Å². The highest BCUT2D eigenvalue weighted by Gasteiger charge is 2.32. The zero-order valence-corrected chi connectivity index (χ0v) is 11.9. The van der Waals surface area contributed by atoms with Crippen LogP contribution in [-0.4, -0.2) is 32.7 Å². The van der Waals surface area contributed by atoms with Gasteiger partial charge in [-0.2, -0.15) is 0 Å². The SMILES string of the molecule is C[C@H](C(=O)NC1CC1)N(c1ccccc1)S(C)(=O)=O. The zero-order chi connectivity index (χ0) is 14.0. The van der Waals surface area contributed by atoms with Crippen molar-refractivity contribution in [3.63, 3.8) is 0 Å². The number of carbonyl (C=O) groups excluding carboxylic acids is 1. The maximum absolute atomic E-state index is 12.0. The van der Waals surface area contributed by atoms with E-state index in [0.717, 1.165) is 23.4 Å². The summed E-state index contributed by atoms with van der Waals surface area (Å²) in [6, 6.07) is 8.13. The maximum Gasteiger partial charge on any atom is 0.243 e. The van der Waals surface area contributed by atoms with Crippen molar-refractivity contribution in [2.24, 2.45) is 0 Å². The topological polar surface area (TPSA) is 66.5 Å². The predicted octanol–water partition coefficient (Wildman–Crippen LogP) is 1.12. The van der Waals surface area contributed by atoms with Gasteiger partial charge in [0.05, 0.1) is 11.9 Å². The van der Waals surface area contributed by atoms with E-state index in [1.807, 2.05) is 0 Å². The van der Waals surface area contributed by atoms with E-state index in [1.165, 1.54) is 0 Å². The van der Waals surface area contributed by atoms with Crippen LogP contribution in [0.5, 0.6) is 0 Å². The summed E-state index contributed by atoms with van der Waals surface area (Å²) in [6.07, 6.45) is 3.06. The lowest BCUT2D eigenvalue weighted by Crippen LogP contribution is -2.48. The van der Waals surface area contributed by atoms with Crippen molar-refractivity contribution in [3.05, 3.63) is 30.3 Å². The molecule has 0 aliphatic heterocycles. The van der Waals surface area contributed by atoms with E-state index in [2.05, 4.69) is 5.32 Å². The fraction of sp³-hybridized carbons (Fsp3) is 0.462. The van der Waals surface area contributed by atoms with E-state index >= 15 is 0 Å². The number of para-hydroxylation sites is 1. The number of nitrogens with one attached hydrogen (secondary N) is 1. The van der Waals surface area contributed by atoms with E-state index in [9.17, 15) is 13.2 Å². The minimum Gasteiger partial charge on any atom is -0.352 e. The van der Waals surface area contributed by atoms with Crippen LogP contribution in [0.25, 0.3) is 0 Å². The van der Waals surface area contributed by atoms with E-state index in [0.29, 0.717) is 5.69 Å². The maximum atomic E-state index is 12.0. The first-order chi connectivity index (χ1) is 8.89. The first-order valence-electron chi connectivity index (χ1n) is 6.24. The van der Waals surface area contributed by atoms with Gasteiger partial charge in [0.15, 0.2) is 0 Å². The van der Waals surface area contributed by atoms with Gasteiger partial charge in [-0.05, 0) is 31.9 Å². The number of nitrogens with zero attached hydrogens (tertiary/aromatic N) is 1. The van der Waals surface area contributed by atoms with Crippen LogP contribution < -0.4 is 9.62 Å². The quantitative estimate of drug-likeness (QED) is 0.880.